The number of halogens is 3. The van der Waals surface area contributed by atoms with Crippen LogP contribution < -0.4 is 5.73 Å². The molecule has 0 aliphatic carbocycles. The van der Waals surface area contributed by atoms with E-state index in [0.717, 1.165) is 12.3 Å². The number of carbonyl (C=O) groups is 1. The summed E-state index contributed by atoms with van der Waals surface area (Å²) in [5.41, 5.74) is 5.33. The van der Waals surface area contributed by atoms with Crippen molar-refractivity contribution >= 4 is 5.91 Å². The number of primary amides is 1. The van der Waals surface area contributed by atoms with Crippen LogP contribution in [0.25, 0.3) is 11.1 Å². The first-order valence-corrected chi connectivity index (χ1v) is 5.32. The Balaban J connectivity index is 2.46. The summed E-state index contributed by atoms with van der Waals surface area (Å²) in [5.74, 6) is -0.643. The monoisotopic (exact) mass is 266 g/mol. The number of nitrogens with zero attached hydrogens (tertiary/aromatic N) is 1. The zero-order valence-electron chi connectivity index (χ0n) is 9.61. The number of amides is 1. The SMILES string of the molecule is NC(=O)c1ccccc1-c1ccc(C(F)(F)F)nc1. The van der Waals surface area contributed by atoms with Crippen LogP contribution in [0.15, 0.2) is 42.6 Å². The van der Waals surface area contributed by atoms with E-state index in [0.29, 0.717) is 11.1 Å². The molecular formula is C13H9F3N2O. The quantitative estimate of drug-likeness (QED) is 0.908. The summed E-state index contributed by atoms with van der Waals surface area (Å²) in [7, 11) is 0. The van der Waals surface area contributed by atoms with Gasteiger partial charge >= 0.3 is 6.18 Å². The van der Waals surface area contributed by atoms with Crippen molar-refractivity contribution in [2.24, 2.45) is 5.73 Å². The van der Waals surface area contributed by atoms with Gasteiger partial charge in [0.2, 0.25) is 5.91 Å². The number of alkyl halides is 3. The Labute approximate surface area is 106 Å². The van der Waals surface area contributed by atoms with E-state index < -0.39 is 17.8 Å². The molecule has 0 saturated heterocycles. The Kier molecular flexibility index (Phi) is 3.25. The predicted molar refractivity (Wildman–Crippen MR) is 63.2 cm³/mol. The fourth-order valence-corrected chi connectivity index (χ4v) is 1.67. The van der Waals surface area contributed by atoms with Crippen molar-refractivity contribution in [1.82, 2.24) is 4.98 Å². The van der Waals surface area contributed by atoms with Crippen LogP contribution in [0.2, 0.25) is 0 Å². The van der Waals surface area contributed by atoms with Gasteiger partial charge in [0.1, 0.15) is 5.69 Å². The average Bonchev–Trinajstić information content (AvgIpc) is 2.38. The zero-order valence-corrected chi connectivity index (χ0v) is 9.61. The molecule has 0 fully saturated rings. The molecule has 0 unspecified atom stereocenters. The number of rotatable bonds is 2. The maximum Gasteiger partial charge on any atom is 0.433 e. The fourth-order valence-electron chi connectivity index (χ4n) is 1.67. The highest BCUT2D eigenvalue weighted by Crippen LogP contribution is 2.29. The first kappa shape index (κ1) is 13.1. The summed E-state index contributed by atoms with van der Waals surface area (Å²) in [4.78, 5) is 14.6. The van der Waals surface area contributed by atoms with Crippen LogP contribution in [0.5, 0.6) is 0 Å². The lowest BCUT2D eigenvalue weighted by Gasteiger charge is -2.08. The minimum atomic E-state index is -4.48. The third-order valence-corrected chi connectivity index (χ3v) is 2.56. The largest absolute Gasteiger partial charge is 0.433 e. The molecule has 6 heteroatoms. The van der Waals surface area contributed by atoms with Crippen LogP contribution in [-0.2, 0) is 6.18 Å². The summed E-state index contributed by atoms with van der Waals surface area (Å²) in [6.45, 7) is 0. The molecule has 1 aromatic carbocycles. The van der Waals surface area contributed by atoms with Gasteiger partial charge in [-0.05, 0) is 17.7 Å². The number of hydrogen-bond acceptors (Lipinski definition) is 2. The lowest BCUT2D eigenvalue weighted by molar-refractivity contribution is -0.141. The summed E-state index contributed by atoms with van der Waals surface area (Å²) in [6.07, 6.45) is -3.41. The van der Waals surface area contributed by atoms with E-state index in [1.807, 2.05) is 0 Å². The maximum absolute atomic E-state index is 12.4. The molecule has 19 heavy (non-hydrogen) atoms. The summed E-state index contributed by atoms with van der Waals surface area (Å²) in [6, 6.07) is 8.53. The van der Waals surface area contributed by atoms with Crippen LogP contribution in [-0.4, -0.2) is 10.9 Å². The first-order chi connectivity index (χ1) is 8.89. The molecule has 1 heterocycles. The molecule has 0 spiro atoms. The van der Waals surface area contributed by atoms with Crippen molar-refractivity contribution in [3.63, 3.8) is 0 Å². The lowest BCUT2D eigenvalue weighted by Crippen LogP contribution is -2.12. The molecule has 2 N–H and O–H groups in total. The molecule has 1 aromatic heterocycles. The van der Waals surface area contributed by atoms with Crippen molar-refractivity contribution in [3.05, 3.63) is 53.9 Å². The number of carbonyl (C=O) groups excluding carboxylic acids is 1. The highest BCUT2D eigenvalue weighted by molar-refractivity contribution is 5.99. The molecule has 1 amide bonds. The zero-order chi connectivity index (χ0) is 14.0. The van der Waals surface area contributed by atoms with Crippen molar-refractivity contribution in [2.75, 3.05) is 0 Å². The van der Waals surface area contributed by atoms with Gasteiger partial charge < -0.3 is 5.73 Å². The van der Waals surface area contributed by atoms with Crippen molar-refractivity contribution < 1.29 is 18.0 Å². The Morgan fingerprint density at radius 2 is 1.79 bits per heavy atom. The molecule has 2 rings (SSSR count). The standard InChI is InChI=1S/C13H9F3N2O/c14-13(15,16)11-6-5-8(7-18-11)9-3-1-2-4-10(9)12(17)19/h1-7H,(H2,17,19). The highest BCUT2D eigenvalue weighted by atomic mass is 19.4. The van der Waals surface area contributed by atoms with E-state index in [-0.39, 0.29) is 5.56 Å². The smallest absolute Gasteiger partial charge is 0.366 e. The lowest BCUT2D eigenvalue weighted by atomic mass is 10.0. The van der Waals surface area contributed by atoms with E-state index in [1.54, 1.807) is 18.2 Å². The van der Waals surface area contributed by atoms with Crippen LogP contribution in [0, 0.1) is 0 Å². The Morgan fingerprint density at radius 1 is 1.11 bits per heavy atom. The minimum Gasteiger partial charge on any atom is -0.366 e. The number of benzene rings is 1. The van der Waals surface area contributed by atoms with Crippen molar-refractivity contribution in [2.45, 2.75) is 6.18 Å². The molecule has 0 aliphatic heterocycles. The summed E-state index contributed by atoms with van der Waals surface area (Å²) < 4.78 is 37.2. The third-order valence-electron chi connectivity index (χ3n) is 2.56. The number of nitrogens with two attached hydrogens (primary N) is 1. The number of aromatic nitrogens is 1. The molecule has 0 saturated carbocycles. The van der Waals surface area contributed by atoms with Gasteiger partial charge in [-0.1, -0.05) is 24.3 Å². The molecule has 98 valence electrons. The van der Waals surface area contributed by atoms with Gasteiger partial charge in [0, 0.05) is 17.3 Å². The topological polar surface area (TPSA) is 56.0 Å². The molecule has 0 radical (unpaired) electrons. The third kappa shape index (κ3) is 2.73. The first-order valence-electron chi connectivity index (χ1n) is 5.32. The van der Waals surface area contributed by atoms with E-state index in [4.69, 9.17) is 5.73 Å². The number of pyridine rings is 1. The van der Waals surface area contributed by atoms with E-state index in [1.165, 1.54) is 12.1 Å². The number of hydrogen-bond donors (Lipinski definition) is 1. The van der Waals surface area contributed by atoms with Gasteiger partial charge in [0.15, 0.2) is 0 Å². The second-order valence-corrected chi connectivity index (χ2v) is 3.84. The average molecular weight is 266 g/mol. The maximum atomic E-state index is 12.4. The Bertz CT molecular complexity index is 606. The molecule has 0 aliphatic rings. The van der Waals surface area contributed by atoms with E-state index in [9.17, 15) is 18.0 Å². The van der Waals surface area contributed by atoms with Crippen LogP contribution >= 0.6 is 0 Å². The minimum absolute atomic E-state index is 0.240. The van der Waals surface area contributed by atoms with Crippen LogP contribution in [0.3, 0.4) is 0 Å². The van der Waals surface area contributed by atoms with E-state index in [2.05, 4.69) is 4.98 Å². The van der Waals surface area contributed by atoms with E-state index >= 15 is 0 Å². The van der Waals surface area contributed by atoms with Gasteiger partial charge in [-0.25, -0.2) is 0 Å². The Morgan fingerprint density at radius 3 is 2.32 bits per heavy atom. The Hall–Kier alpha value is -2.37. The van der Waals surface area contributed by atoms with Crippen molar-refractivity contribution in [1.29, 1.82) is 0 Å². The highest BCUT2D eigenvalue weighted by Gasteiger charge is 2.32. The van der Waals surface area contributed by atoms with Crippen LogP contribution in [0.4, 0.5) is 13.2 Å². The van der Waals surface area contributed by atoms with Crippen LogP contribution in [0.1, 0.15) is 16.1 Å². The fraction of sp³-hybridized carbons (Fsp3) is 0.0769. The van der Waals surface area contributed by atoms with Gasteiger partial charge in [0.05, 0.1) is 0 Å². The molecule has 0 atom stereocenters. The normalized spacial score (nSPS) is 11.3. The van der Waals surface area contributed by atoms with Gasteiger partial charge in [0.25, 0.3) is 0 Å². The van der Waals surface area contributed by atoms with Gasteiger partial charge in [-0.2, -0.15) is 13.2 Å². The summed E-state index contributed by atoms with van der Waals surface area (Å²) in [5, 5.41) is 0. The second-order valence-electron chi connectivity index (χ2n) is 3.84. The summed E-state index contributed by atoms with van der Waals surface area (Å²) >= 11 is 0. The molecular weight excluding hydrogens is 257 g/mol. The van der Waals surface area contributed by atoms with Gasteiger partial charge in [-0.3, -0.25) is 9.78 Å². The van der Waals surface area contributed by atoms with Gasteiger partial charge in [-0.15, -0.1) is 0 Å². The molecule has 3 nitrogen and oxygen atoms in total. The molecule has 0 bridgehead atoms. The predicted octanol–water partition coefficient (Wildman–Crippen LogP) is 2.87. The van der Waals surface area contributed by atoms with Crippen molar-refractivity contribution in [3.8, 4) is 11.1 Å². The second kappa shape index (κ2) is 4.72. The molecule has 2 aromatic rings.